The van der Waals surface area contributed by atoms with Crippen LogP contribution in [0.3, 0.4) is 0 Å². The summed E-state index contributed by atoms with van der Waals surface area (Å²) >= 11 is 0. The molecule has 176 valence electrons. The van der Waals surface area contributed by atoms with Crippen molar-refractivity contribution in [1.29, 1.82) is 0 Å². The van der Waals surface area contributed by atoms with E-state index in [4.69, 9.17) is 4.74 Å². The van der Waals surface area contributed by atoms with Crippen LogP contribution in [0.15, 0.2) is 0 Å². The average Bonchev–Trinajstić information content (AvgIpc) is 3.24. The van der Waals surface area contributed by atoms with Crippen molar-refractivity contribution in [3.63, 3.8) is 0 Å². The van der Waals surface area contributed by atoms with Gasteiger partial charge in [0.2, 0.25) is 5.91 Å². The molecule has 4 aliphatic rings. The third kappa shape index (κ3) is 5.16. The molecule has 5 unspecified atom stereocenters. The number of nitrogens with one attached hydrogen (secondary N) is 2. The summed E-state index contributed by atoms with van der Waals surface area (Å²) in [6, 6.07) is 0.460. The highest BCUT2D eigenvalue weighted by Crippen LogP contribution is 2.38. The molecule has 0 radical (unpaired) electrons. The predicted octanol–water partition coefficient (Wildman–Crippen LogP) is 2.30. The summed E-state index contributed by atoms with van der Waals surface area (Å²) in [5.41, 5.74) is 0. The average molecular weight is 439 g/mol. The monoisotopic (exact) mass is 438 g/mol. The zero-order valence-electron chi connectivity index (χ0n) is 19.0. The second kappa shape index (κ2) is 10.0. The van der Waals surface area contributed by atoms with Gasteiger partial charge in [-0.2, -0.15) is 0 Å². The van der Waals surface area contributed by atoms with E-state index in [-0.39, 0.29) is 36.0 Å². The van der Waals surface area contributed by atoms with Gasteiger partial charge in [0.1, 0.15) is 6.17 Å². The third-order valence-electron chi connectivity index (χ3n) is 7.96. The maximum atomic E-state index is 14.4. The van der Waals surface area contributed by atoms with E-state index in [0.29, 0.717) is 31.4 Å². The summed E-state index contributed by atoms with van der Waals surface area (Å²) in [7, 11) is 0. The van der Waals surface area contributed by atoms with Crippen LogP contribution < -0.4 is 10.6 Å². The van der Waals surface area contributed by atoms with Gasteiger partial charge in [0.05, 0.1) is 12.6 Å². The lowest BCUT2D eigenvalue weighted by Crippen LogP contribution is -2.56. The molecule has 8 heteroatoms. The van der Waals surface area contributed by atoms with Crippen LogP contribution in [-0.2, 0) is 9.53 Å². The van der Waals surface area contributed by atoms with E-state index in [9.17, 15) is 14.0 Å². The van der Waals surface area contributed by atoms with E-state index in [1.807, 2.05) is 6.92 Å². The van der Waals surface area contributed by atoms with Crippen molar-refractivity contribution in [2.75, 3.05) is 32.8 Å². The molecule has 7 nitrogen and oxygen atoms in total. The molecule has 3 heterocycles. The minimum atomic E-state index is -0.780. The van der Waals surface area contributed by atoms with Gasteiger partial charge in [-0.25, -0.2) is 9.18 Å². The van der Waals surface area contributed by atoms with Gasteiger partial charge in [0.25, 0.3) is 0 Å². The summed E-state index contributed by atoms with van der Waals surface area (Å²) in [6.45, 7) is 7.78. The highest BCUT2D eigenvalue weighted by atomic mass is 19.1. The van der Waals surface area contributed by atoms with Crippen LogP contribution in [0.25, 0.3) is 0 Å². The Kier molecular flexibility index (Phi) is 7.37. The Morgan fingerprint density at radius 1 is 1.13 bits per heavy atom. The summed E-state index contributed by atoms with van der Waals surface area (Å²) in [4.78, 5) is 29.2. The molecule has 2 amide bonds. The molecule has 6 atom stereocenters. The fourth-order valence-corrected chi connectivity index (χ4v) is 6.19. The van der Waals surface area contributed by atoms with Crippen molar-refractivity contribution in [3.05, 3.63) is 0 Å². The van der Waals surface area contributed by atoms with Crippen molar-refractivity contribution in [2.24, 2.45) is 11.8 Å². The van der Waals surface area contributed by atoms with Gasteiger partial charge in [-0.3, -0.25) is 9.69 Å². The number of alkyl halides is 1. The number of carbonyl (C=O) groups is 2. The molecule has 0 bridgehead atoms. The number of piperidine rings is 2. The smallest absolute Gasteiger partial charge is 0.409 e. The number of hydrogen-bond acceptors (Lipinski definition) is 5. The fourth-order valence-electron chi connectivity index (χ4n) is 6.19. The van der Waals surface area contributed by atoms with Gasteiger partial charge in [-0.15, -0.1) is 0 Å². The first-order valence-electron chi connectivity index (χ1n) is 12.3. The topological polar surface area (TPSA) is 73.9 Å². The number of halogens is 1. The molecular formula is C23H39FN4O3. The van der Waals surface area contributed by atoms with Gasteiger partial charge in [0.15, 0.2) is 0 Å². The molecule has 4 fully saturated rings. The Bertz CT molecular complexity index is 624. The number of carbonyl (C=O) groups excluding carboxylic acids is 2. The first-order valence-corrected chi connectivity index (χ1v) is 12.3. The van der Waals surface area contributed by atoms with Gasteiger partial charge in [-0.05, 0) is 64.3 Å². The molecule has 31 heavy (non-hydrogen) atoms. The Morgan fingerprint density at radius 2 is 1.90 bits per heavy atom. The highest BCUT2D eigenvalue weighted by molar-refractivity contribution is 5.82. The molecule has 4 rings (SSSR count). The standard InChI is InChI=1S/C23H39FN4O3/c1-3-31-23(30)27-11-8-17(9-12-27)28-10-4-5-16(14-28)25-22(29)20-13-18-19(24)7-6-15(2)21(18)26-20/h15-21,26H,3-14H2,1-2H3,(H,25,29)/t15?,16-,18?,19?,20?,21?/m0/s1. The zero-order valence-corrected chi connectivity index (χ0v) is 19.0. The molecule has 3 saturated heterocycles. The quantitative estimate of drug-likeness (QED) is 0.705. The van der Waals surface area contributed by atoms with Crippen LogP contribution in [0.4, 0.5) is 9.18 Å². The van der Waals surface area contributed by atoms with Crippen LogP contribution in [-0.4, -0.2) is 84.9 Å². The lowest BCUT2D eigenvalue weighted by Gasteiger charge is -2.42. The fraction of sp³-hybridized carbons (Fsp3) is 0.913. The van der Waals surface area contributed by atoms with E-state index in [1.54, 1.807) is 4.90 Å². The largest absolute Gasteiger partial charge is 0.450 e. The summed E-state index contributed by atoms with van der Waals surface area (Å²) in [5.74, 6) is 0.449. The van der Waals surface area contributed by atoms with Gasteiger partial charge in [0, 0.05) is 43.7 Å². The first kappa shape index (κ1) is 22.8. The number of hydrogen-bond donors (Lipinski definition) is 2. The van der Waals surface area contributed by atoms with Crippen LogP contribution >= 0.6 is 0 Å². The number of amides is 2. The SMILES string of the molecule is CCOC(=O)N1CCC(N2CCC[C@H](NC(=O)C3CC4C(F)CCC(C)C4N3)C2)CC1. The second-order valence-corrected chi connectivity index (χ2v) is 9.98. The summed E-state index contributed by atoms with van der Waals surface area (Å²) in [5, 5.41) is 6.71. The lowest BCUT2D eigenvalue weighted by atomic mass is 9.77. The second-order valence-electron chi connectivity index (χ2n) is 9.98. The van der Waals surface area contributed by atoms with E-state index < -0.39 is 6.17 Å². The van der Waals surface area contributed by atoms with Gasteiger partial charge in [-0.1, -0.05) is 6.92 Å². The molecule has 2 N–H and O–H groups in total. The first-order chi connectivity index (χ1) is 15.0. The normalized spacial score (nSPS) is 37.3. The van der Waals surface area contributed by atoms with Crippen LogP contribution in [0.1, 0.15) is 58.8 Å². The molecule has 0 aromatic carbocycles. The minimum absolute atomic E-state index is 0.0214. The van der Waals surface area contributed by atoms with Crippen LogP contribution in [0, 0.1) is 11.8 Å². The van der Waals surface area contributed by atoms with E-state index in [2.05, 4.69) is 22.5 Å². The van der Waals surface area contributed by atoms with Crippen molar-refractivity contribution < 1.29 is 18.7 Å². The number of ether oxygens (including phenoxy) is 1. The predicted molar refractivity (Wildman–Crippen MR) is 116 cm³/mol. The molecule has 0 spiro atoms. The van der Waals surface area contributed by atoms with E-state index >= 15 is 0 Å². The lowest BCUT2D eigenvalue weighted by molar-refractivity contribution is -0.124. The molecule has 1 aliphatic carbocycles. The van der Waals surface area contributed by atoms with Crippen LogP contribution in [0.5, 0.6) is 0 Å². The molecule has 0 aromatic rings. The molecule has 3 aliphatic heterocycles. The number of nitrogens with zero attached hydrogens (tertiary/aromatic N) is 2. The van der Waals surface area contributed by atoms with E-state index in [0.717, 1.165) is 58.3 Å². The van der Waals surface area contributed by atoms with Crippen LogP contribution in [0.2, 0.25) is 0 Å². The Hall–Kier alpha value is -1.41. The maximum absolute atomic E-state index is 14.4. The zero-order chi connectivity index (χ0) is 22.0. The maximum Gasteiger partial charge on any atom is 0.409 e. The minimum Gasteiger partial charge on any atom is -0.450 e. The van der Waals surface area contributed by atoms with Crippen molar-refractivity contribution in [2.45, 2.75) is 89.1 Å². The number of fused-ring (bicyclic) bond motifs is 1. The third-order valence-corrected chi connectivity index (χ3v) is 7.96. The molecular weight excluding hydrogens is 399 g/mol. The highest BCUT2D eigenvalue weighted by Gasteiger charge is 2.46. The Labute approximate surface area is 185 Å². The number of likely N-dealkylation sites (tertiary alicyclic amines) is 2. The molecule has 0 aromatic heterocycles. The van der Waals surface area contributed by atoms with E-state index in [1.165, 1.54) is 0 Å². The summed E-state index contributed by atoms with van der Waals surface area (Å²) in [6.07, 6.45) is 5.11. The Balaban J connectivity index is 1.25. The molecule has 1 saturated carbocycles. The summed E-state index contributed by atoms with van der Waals surface area (Å²) < 4.78 is 19.5. The van der Waals surface area contributed by atoms with Gasteiger partial charge >= 0.3 is 6.09 Å². The number of rotatable bonds is 4. The Morgan fingerprint density at radius 3 is 2.61 bits per heavy atom. The van der Waals surface area contributed by atoms with Crippen molar-refractivity contribution >= 4 is 12.0 Å². The van der Waals surface area contributed by atoms with Crippen molar-refractivity contribution in [1.82, 2.24) is 20.4 Å². The van der Waals surface area contributed by atoms with Crippen molar-refractivity contribution in [3.8, 4) is 0 Å². The van der Waals surface area contributed by atoms with Gasteiger partial charge < -0.3 is 20.3 Å².